The number of fused-ring (bicyclic) bond motifs is 1. The lowest BCUT2D eigenvalue weighted by Crippen LogP contribution is -2.03. The molecule has 0 spiro atoms. The Kier molecular flexibility index (Phi) is 2.47. The Hall–Kier alpha value is -2.37. The van der Waals surface area contributed by atoms with Crippen LogP contribution in [0.15, 0.2) is 29.0 Å². The summed E-state index contributed by atoms with van der Waals surface area (Å²) in [5.41, 5.74) is 8.46. The van der Waals surface area contributed by atoms with E-state index in [0.717, 1.165) is 29.1 Å². The van der Waals surface area contributed by atoms with Crippen LogP contribution in [0.2, 0.25) is 0 Å². The number of nitrogens with zero attached hydrogens (tertiary/aromatic N) is 4. The fraction of sp³-hybridized carbons (Fsp3) is 0.250. The van der Waals surface area contributed by atoms with Crippen molar-refractivity contribution in [3.05, 3.63) is 36.2 Å². The van der Waals surface area contributed by atoms with Crippen molar-refractivity contribution in [3.63, 3.8) is 0 Å². The molecule has 0 amide bonds. The first-order valence-electron chi connectivity index (χ1n) is 5.72. The van der Waals surface area contributed by atoms with Gasteiger partial charge in [0.1, 0.15) is 5.82 Å². The number of aromatic nitrogens is 4. The zero-order chi connectivity index (χ0) is 12.5. The standard InChI is InChI=1S/C12H13N5O/c1-8-16-10-6-9(13)2-3-11(10)17(8)5-4-12-14-7-15-18-12/h2-3,6-7H,4-5,13H2,1H3. The topological polar surface area (TPSA) is 82.8 Å². The smallest absolute Gasteiger partial charge is 0.228 e. The van der Waals surface area contributed by atoms with Crippen LogP contribution in [-0.4, -0.2) is 19.7 Å². The number of nitrogen functional groups attached to an aromatic ring is 1. The molecule has 92 valence electrons. The van der Waals surface area contributed by atoms with Gasteiger partial charge in [-0.15, -0.1) is 0 Å². The van der Waals surface area contributed by atoms with Crippen molar-refractivity contribution >= 4 is 16.7 Å². The van der Waals surface area contributed by atoms with Crippen LogP contribution in [0.5, 0.6) is 0 Å². The summed E-state index contributed by atoms with van der Waals surface area (Å²) in [5, 5.41) is 3.59. The molecular formula is C12H13N5O. The summed E-state index contributed by atoms with van der Waals surface area (Å²) in [6, 6.07) is 5.75. The van der Waals surface area contributed by atoms with Gasteiger partial charge in [0.25, 0.3) is 0 Å². The highest BCUT2D eigenvalue weighted by atomic mass is 16.5. The number of benzene rings is 1. The van der Waals surface area contributed by atoms with Gasteiger partial charge in [0.15, 0.2) is 6.33 Å². The second kappa shape index (κ2) is 4.14. The van der Waals surface area contributed by atoms with Crippen LogP contribution in [-0.2, 0) is 13.0 Å². The fourth-order valence-corrected chi connectivity index (χ4v) is 2.06. The molecule has 2 N–H and O–H groups in total. The highest BCUT2D eigenvalue weighted by Crippen LogP contribution is 2.19. The van der Waals surface area contributed by atoms with Crippen molar-refractivity contribution in [2.75, 3.05) is 5.73 Å². The summed E-state index contributed by atoms with van der Waals surface area (Å²) in [6.07, 6.45) is 2.10. The summed E-state index contributed by atoms with van der Waals surface area (Å²) in [5.74, 6) is 1.59. The van der Waals surface area contributed by atoms with Crippen molar-refractivity contribution in [2.24, 2.45) is 0 Å². The normalized spacial score (nSPS) is 11.2. The van der Waals surface area contributed by atoms with Gasteiger partial charge in [0.05, 0.1) is 11.0 Å². The monoisotopic (exact) mass is 243 g/mol. The van der Waals surface area contributed by atoms with Crippen LogP contribution in [0.3, 0.4) is 0 Å². The van der Waals surface area contributed by atoms with Crippen molar-refractivity contribution in [3.8, 4) is 0 Å². The maximum Gasteiger partial charge on any atom is 0.228 e. The zero-order valence-corrected chi connectivity index (χ0v) is 10.00. The first-order valence-corrected chi connectivity index (χ1v) is 5.72. The number of nitrogens with two attached hydrogens (primary N) is 1. The quantitative estimate of drug-likeness (QED) is 0.706. The molecule has 2 heterocycles. The predicted octanol–water partition coefficient (Wildman–Crippen LogP) is 1.55. The van der Waals surface area contributed by atoms with E-state index in [9.17, 15) is 0 Å². The van der Waals surface area contributed by atoms with E-state index in [2.05, 4.69) is 19.7 Å². The molecule has 0 bridgehead atoms. The fourth-order valence-electron chi connectivity index (χ4n) is 2.06. The van der Waals surface area contributed by atoms with Gasteiger partial charge < -0.3 is 14.8 Å². The second-order valence-corrected chi connectivity index (χ2v) is 4.14. The summed E-state index contributed by atoms with van der Waals surface area (Å²) in [6.45, 7) is 2.73. The Morgan fingerprint density at radius 1 is 1.39 bits per heavy atom. The van der Waals surface area contributed by atoms with Gasteiger partial charge in [-0.1, -0.05) is 5.16 Å². The van der Waals surface area contributed by atoms with E-state index in [1.54, 1.807) is 0 Å². The van der Waals surface area contributed by atoms with Crippen molar-refractivity contribution < 1.29 is 4.52 Å². The number of imidazole rings is 1. The Balaban J connectivity index is 1.93. The summed E-state index contributed by atoms with van der Waals surface area (Å²) < 4.78 is 7.11. The zero-order valence-electron chi connectivity index (χ0n) is 10.00. The first kappa shape index (κ1) is 10.8. The highest BCUT2D eigenvalue weighted by molar-refractivity contribution is 5.79. The molecule has 0 saturated heterocycles. The number of rotatable bonds is 3. The van der Waals surface area contributed by atoms with Gasteiger partial charge in [-0.25, -0.2) is 4.98 Å². The average molecular weight is 243 g/mol. The number of aryl methyl sites for hydroxylation is 3. The van der Waals surface area contributed by atoms with E-state index in [1.807, 2.05) is 25.1 Å². The Labute approximate surface area is 103 Å². The van der Waals surface area contributed by atoms with Crippen molar-refractivity contribution in [1.29, 1.82) is 0 Å². The molecule has 0 unspecified atom stereocenters. The van der Waals surface area contributed by atoms with Gasteiger partial charge in [0.2, 0.25) is 5.89 Å². The molecule has 0 atom stereocenters. The SMILES string of the molecule is Cc1nc2cc(N)ccc2n1CCc1ncno1. The van der Waals surface area contributed by atoms with E-state index in [0.29, 0.717) is 12.3 Å². The van der Waals surface area contributed by atoms with E-state index in [1.165, 1.54) is 6.33 Å². The predicted molar refractivity (Wildman–Crippen MR) is 66.9 cm³/mol. The first-order chi connectivity index (χ1) is 8.74. The minimum Gasteiger partial charge on any atom is -0.399 e. The molecule has 0 aliphatic rings. The highest BCUT2D eigenvalue weighted by Gasteiger charge is 2.08. The Morgan fingerprint density at radius 3 is 3.06 bits per heavy atom. The van der Waals surface area contributed by atoms with E-state index < -0.39 is 0 Å². The molecule has 0 aliphatic carbocycles. The average Bonchev–Trinajstić information content (AvgIpc) is 2.93. The molecule has 2 aromatic heterocycles. The van der Waals surface area contributed by atoms with Gasteiger partial charge in [-0.2, -0.15) is 4.98 Å². The van der Waals surface area contributed by atoms with Crippen LogP contribution in [0.25, 0.3) is 11.0 Å². The molecule has 18 heavy (non-hydrogen) atoms. The van der Waals surface area contributed by atoms with Crippen molar-refractivity contribution in [1.82, 2.24) is 19.7 Å². The second-order valence-electron chi connectivity index (χ2n) is 4.14. The maximum absolute atomic E-state index is 5.75. The summed E-state index contributed by atoms with van der Waals surface area (Å²) in [4.78, 5) is 8.50. The molecule has 0 fully saturated rings. The van der Waals surface area contributed by atoms with Gasteiger partial charge in [0, 0.05) is 18.7 Å². The van der Waals surface area contributed by atoms with Crippen LogP contribution >= 0.6 is 0 Å². The van der Waals surface area contributed by atoms with Gasteiger partial charge in [-0.3, -0.25) is 0 Å². The van der Waals surface area contributed by atoms with Crippen molar-refractivity contribution in [2.45, 2.75) is 19.9 Å². The number of hydrogen-bond acceptors (Lipinski definition) is 5. The van der Waals surface area contributed by atoms with Crippen LogP contribution < -0.4 is 5.73 Å². The molecule has 0 radical (unpaired) electrons. The summed E-state index contributed by atoms with van der Waals surface area (Å²) in [7, 11) is 0. The lowest BCUT2D eigenvalue weighted by atomic mass is 10.3. The minimum atomic E-state index is 0.631. The molecule has 0 aliphatic heterocycles. The molecule has 1 aromatic carbocycles. The lowest BCUT2D eigenvalue weighted by molar-refractivity contribution is 0.371. The molecule has 3 aromatic rings. The molecule has 6 nitrogen and oxygen atoms in total. The van der Waals surface area contributed by atoms with Gasteiger partial charge in [-0.05, 0) is 25.1 Å². The Morgan fingerprint density at radius 2 is 2.28 bits per heavy atom. The van der Waals surface area contributed by atoms with E-state index in [-0.39, 0.29) is 0 Å². The van der Waals surface area contributed by atoms with Crippen LogP contribution in [0, 0.1) is 6.92 Å². The lowest BCUT2D eigenvalue weighted by Gasteiger charge is -2.04. The third-order valence-corrected chi connectivity index (χ3v) is 2.92. The Bertz CT molecular complexity index is 671. The van der Waals surface area contributed by atoms with E-state index >= 15 is 0 Å². The summed E-state index contributed by atoms with van der Waals surface area (Å²) >= 11 is 0. The maximum atomic E-state index is 5.75. The minimum absolute atomic E-state index is 0.631. The third-order valence-electron chi connectivity index (χ3n) is 2.92. The number of hydrogen-bond donors (Lipinski definition) is 1. The molecule has 0 saturated carbocycles. The van der Waals surface area contributed by atoms with E-state index in [4.69, 9.17) is 10.3 Å². The van der Waals surface area contributed by atoms with Crippen LogP contribution in [0.1, 0.15) is 11.7 Å². The molecule has 3 rings (SSSR count). The molecular weight excluding hydrogens is 230 g/mol. The third kappa shape index (κ3) is 1.81. The van der Waals surface area contributed by atoms with Crippen LogP contribution in [0.4, 0.5) is 5.69 Å². The number of anilines is 1. The van der Waals surface area contributed by atoms with Gasteiger partial charge >= 0.3 is 0 Å². The molecule has 6 heteroatoms. The largest absolute Gasteiger partial charge is 0.399 e.